The molecular weight excluding hydrogens is 246 g/mol. The highest BCUT2D eigenvalue weighted by Gasteiger charge is 2.05. The Morgan fingerprint density at radius 3 is 3.05 bits per heavy atom. The summed E-state index contributed by atoms with van der Waals surface area (Å²) in [6.45, 7) is 0.304. The molecule has 0 aliphatic heterocycles. The van der Waals surface area contributed by atoms with Gasteiger partial charge in [0.1, 0.15) is 11.6 Å². The van der Waals surface area contributed by atoms with Crippen LogP contribution in [0, 0.1) is 0 Å². The summed E-state index contributed by atoms with van der Waals surface area (Å²) in [5.41, 5.74) is 7.00. The number of nitrogens with one attached hydrogen (secondary N) is 3. The molecule has 0 fully saturated rings. The average Bonchev–Trinajstić information content (AvgIpc) is 2.82. The van der Waals surface area contributed by atoms with E-state index in [-0.39, 0.29) is 6.03 Å². The summed E-state index contributed by atoms with van der Waals surface area (Å²) in [5.74, 6) is 1.12. The molecule has 1 aromatic carbocycles. The van der Waals surface area contributed by atoms with Gasteiger partial charge in [-0.2, -0.15) is 5.10 Å². The van der Waals surface area contributed by atoms with Crippen molar-refractivity contribution in [3.05, 3.63) is 36.0 Å². The third-order valence-corrected chi connectivity index (χ3v) is 2.52. The number of ether oxygens (including phenoxy) is 1. The van der Waals surface area contributed by atoms with Gasteiger partial charge in [-0.1, -0.05) is 6.07 Å². The molecule has 0 aliphatic carbocycles. The molecule has 2 rings (SSSR count). The van der Waals surface area contributed by atoms with Gasteiger partial charge in [-0.15, -0.1) is 0 Å². The Labute approximate surface area is 110 Å². The maximum Gasteiger partial charge on any atom is 0.319 e. The Bertz CT molecular complexity index is 567. The SMILES string of the molecule is COc1cccc(NC(=O)NCc2cn[nH]c2N)c1. The van der Waals surface area contributed by atoms with E-state index in [1.54, 1.807) is 37.6 Å². The molecule has 1 aromatic heterocycles. The van der Waals surface area contributed by atoms with E-state index in [2.05, 4.69) is 20.8 Å². The van der Waals surface area contributed by atoms with Crippen molar-refractivity contribution in [1.82, 2.24) is 15.5 Å². The molecule has 7 nitrogen and oxygen atoms in total. The van der Waals surface area contributed by atoms with Gasteiger partial charge in [0.25, 0.3) is 0 Å². The maximum atomic E-state index is 11.7. The summed E-state index contributed by atoms with van der Waals surface area (Å²) in [6, 6.07) is 6.77. The van der Waals surface area contributed by atoms with E-state index in [4.69, 9.17) is 10.5 Å². The minimum absolute atomic E-state index is 0.304. The van der Waals surface area contributed by atoms with Gasteiger partial charge in [-0.25, -0.2) is 4.79 Å². The average molecular weight is 261 g/mol. The van der Waals surface area contributed by atoms with Crippen molar-refractivity contribution >= 4 is 17.5 Å². The third-order valence-electron chi connectivity index (χ3n) is 2.52. The molecule has 19 heavy (non-hydrogen) atoms. The van der Waals surface area contributed by atoms with Crippen LogP contribution in [0.1, 0.15) is 5.56 Å². The third kappa shape index (κ3) is 3.38. The Balaban J connectivity index is 1.89. The van der Waals surface area contributed by atoms with Crippen molar-refractivity contribution in [1.29, 1.82) is 0 Å². The zero-order valence-corrected chi connectivity index (χ0v) is 10.4. The van der Waals surface area contributed by atoms with Crippen molar-refractivity contribution in [2.45, 2.75) is 6.54 Å². The standard InChI is InChI=1S/C12H15N5O2/c1-19-10-4-2-3-9(5-10)16-12(18)14-6-8-7-15-17-11(8)13/h2-5,7H,6H2,1H3,(H3,13,15,17)(H2,14,16,18). The van der Waals surface area contributed by atoms with E-state index in [1.807, 2.05) is 0 Å². The van der Waals surface area contributed by atoms with Crippen molar-refractivity contribution in [2.24, 2.45) is 0 Å². The predicted molar refractivity (Wildman–Crippen MR) is 71.9 cm³/mol. The lowest BCUT2D eigenvalue weighted by Gasteiger charge is -2.08. The number of aromatic amines is 1. The molecule has 0 atom stereocenters. The lowest BCUT2D eigenvalue weighted by atomic mass is 10.3. The zero-order chi connectivity index (χ0) is 13.7. The molecular formula is C12H15N5O2. The number of carbonyl (C=O) groups excluding carboxylic acids is 1. The molecule has 1 heterocycles. The number of nitrogens with zero attached hydrogens (tertiary/aromatic N) is 1. The Morgan fingerprint density at radius 1 is 1.53 bits per heavy atom. The quantitative estimate of drug-likeness (QED) is 0.666. The molecule has 7 heteroatoms. The number of carbonyl (C=O) groups is 1. The number of hydrogen-bond donors (Lipinski definition) is 4. The molecule has 2 aromatic rings. The first-order chi connectivity index (χ1) is 9.19. The summed E-state index contributed by atoms with van der Waals surface area (Å²) >= 11 is 0. The largest absolute Gasteiger partial charge is 0.497 e. The van der Waals surface area contributed by atoms with Gasteiger partial charge in [0.15, 0.2) is 0 Å². The summed E-state index contributed by atoms with van der Waals surface area (Å²) in [6.07, 6.45) is 1.57. The predicted octanol–water partition coefficient (Wildman–Crippen LogP) is 1.32. The Hall–Kier alpha value is -2.70. The van der Waals surface area contributed by atoms with Gasteiger partial charge in [0.2, 0.25) is 0 Å². The monoisotopic (exact) mass is 261 g/mol. The molecule has 0 saturated carbocycles. The lowest BCUT2D eigenvalue weighted by molar-refractivity contribution is 0.252. The highest BCUT2D eigenvalue weighted by atomic mass is 16.5. The lowest BCUT2D eigenvalue weighted by Crippen LogP contribution is -2.28. The molecule has 0 unspecified atom stereocenters. The smallest absolute Gasteiger partial charge is 0.319 e. The number of rotatable bonds is 4. The Kier molecular flexibility index (Phi) is 3.87. The molecule has 0 radical (unpaired) electrons. The summed E-state index contributed by atoms with van der Waals surface area (Å²) in [4.78, 5) is 11.7. The summed E-state index contributed by atoms with van der Waals surface area (Å²) in [5, 5.41) is 11.7. The maximum absolute atomic E-state index is 11.7. The fourth-order valence-corrected chi connectivity index (χ4v) is 1.51. The van der Waals surface area contributed by atoms with Crippen LogP contribution in [0.2, 0.25) is 0 Å². The molecule has 0 spiro atoms. The highest BCUT2D eigenvalue weighted by molar-refractivity contribution is 5.89. The second-order valence-electron chi connectivity index (χ2n) is 3.85. The van der Waals surface area contributed by atoms with Crippen molar-refractivity contribution in [2.75, 3.05) is 18.2 Å². The fourth-order valence-electron chi connectivity index (χ4n) is 1.51. The fraction of sp³-hybridized carbons (Fsp3) is 0.167. The van der Waals surface area contributed by atoms with Crippen molar-refractivity contribution < 1.29 is 9.53 Å². The minimum atomic E-state index is -0.325. The van der Waals surface area contributed by atoms with Crippen LogP contribution in [0.3, 0.4) is 0 Å². The number of nitrogen functional groups attached to an aromatic ring is 1. The number of hydrogen-bond acceptors (Lipinski definition) is 4. The van der Waals surface area contributed by atoms with E-state index in [9.17, 15) is 4.79 Å². The highest BCUT2D eigenvalue weighted by Crippen LogP contribution is 2.16. The van der Waals surface area contributed by atoms with E-state index in [0.29, 0.717) is 23.8 Å². The molecule has 0 saturated heterocycles. The number of aromatic nitrogens is 2. The molecule has 2 amide bonds. The van der Waals surface area contributed by atoms with Gasteiger partial charge in [0, 0.05) is 23.9 Å². The summed E-state index contributed by atoms with van der Waals surface area (Å²) < 4.78 is 5.07. The van der Waals surface area contributed by atoms with E-state index < -0.39 is 0 Å². The topological polar surface area (TPSA) is 105 Å². The normalized spacial score (nSPS) is 9.95. The molecule has 5 N–H and O–H groups in total. The van der Waals surface area contributed by atoms with Gasteiger partial charge >= 0.3 is 6.03 Å². The van der Waals surface area contributed by atoms with E-state index in [0.717, 1.165) is 5.56 Å². The van der Waals surface area contributed by atoms with Crippen LogP contribution >= 0.6 is 0 Å². The minimum Gasteiger partial charge on any atom is -0.497 e. The second kappa shape index (κ2) is 5.76. The van der Waals surface area contributed by atoms with Crippen LogP contribution in [-0.4, -0.2) is 23.3 Å². The first-order valence-corrected chi connectivity index (χ1v) is 5.65. The van der Waals surface area contributed by atoms with Crippen LogP contribution in [0.4, 0.5) is 16.3 Å². The van der Waals surface area contributed by atoms with Gasteiger partial charge in [0.05, 0.1) is 13.3 Å². The number of nitrogens with two attached hydrogens (primary N) is 1. The molecule has 0 bridgehead atoms. The number of amides is 2. The number of benzene rings is 1. The van der Waals surface area contributed by atoms with Crippen LogP contribution in [0.25, 0.3) is 0 Å². The van der Waals surface area contributed by atoms with Crippen molar-refractivity contribution in [3.63, 3.8) is 0 Å². The number of methoxy groups -OCH3 is 1. The van der Waals surface area contributed by atoms with Crippen LogP contribution in [0.15, 0.2) is 30.5 Å². The van der Waals surface area contributed by atoms with Crippen LogP contribution in [-0.2, 0) is 6.54 Å². The van der Waals surface area contributed by atoms with E-state index >= 15 is 0 Å². The van der Waals surface area contributed by atoms with Gasteiger partial charge in [-0.05, 0) is 12.1 Å². The Morgan fingerprint density at radius 2 is 2.37 bits per heavy atom. The van der Waals surface area contributed by atoms with Crippen LogP contribution in [0.5, 0.6) is 5.75 Å². The van der Waals surface area contributed by atoms with Gasteiger partial charge < -0.3 is 21.1 Å². The van der Waals surface area contributed by atoms with Crippen molar-refractivity contribution in [3.8, 4) is 5.75 Å². The van der Waals surface area contributed by atoms with E-state index in [1.165, 1.54) is 0 Å². The summed E-state index contributed by atoms with van der Waals surface area (Å²) in [7, 11) is 1.57. The number of urea groups is 1. The number of H-pyrrole nitrogens is 1. The second-order valence-corrected chi connectivity index (χ2v) is 3.85. The van der Waals surface area contributed by atoms with Gasteiger partial charge in [-0.3, -0.25) is 5.10 Å². The molecule has 0 aliphatic rings. The first-order valence-electron chi connectivity index (χ1n) is 5.65. The zero-order valence-electron chi connectivity index (χ0n) is 10.4. The van der Waals surface area contributed by atoms with Crippen LogP contribution < -0.4 is 21.1 Å². The number of anilines is 2. The first kappa shape index (κ1) is 12.7. The molecule has 100 valence electrons.